The zero-order chi connectivity index (χ0) is 20.1. The Kier molecular flexibility index (Phi) is 7.09. The van der Waals surface area contributed by atoms with Gasteiger partial charge in [0.05, 0.1) is 18.8 Å². The van der Waals surface area contributed by atoms with Crippen LogP contribution in [0.4, 0.5) is 0 Å². The summed E-state index contributed by atoms with van der Waals surface area (Å²) in [6.07, 6.45) is 5.30. The monoisotopic (exact) mass is 409 g/mol. The van der Waals surface area contributed by atoms with E-state index in [0.29, 0.717) is 13.0 Å². The van der Waals surface area contributed by atoms with E-state index in [1.54, 1.807) is 0 Å². The predicted molar refractivity (Wildman–Crippen MR) is 108 cm³/mol. The van der Waals surface area contributed by atoms with Crippen molar-refractivity contribution in [2.75, 3.05) is 32.4 Å². The summed E-state index contributed by atoms with van der Waals surface area (Å²) in [5.74, 6) is 0.145. The van der Waals surface area contributed by atoms with Crippen LogP contribution in [-0.2, 0) is 27.8 Å². The van der Waals surface area contributed by atoms with Crippen molar-refractivity contribution in [1.82, 2.24) is 14.5 Å². The Morgan fingerprint density at radius 3 is 2.50 bits per heavy atom. The van der Waals surface area contributed by atoms with E-state index in [1.165, 1.54) is 0 Å². The predicted octanol–water partition coefficient (Wildman–Crippen LogP) is 0.726. The summed E-state index contributed by atoms with van der Waals surface area (Å²) in [6, 6.07) is 7.74. The first-order valence-corrected chi connectivity index (χ1v) is 11.9. The van der Waals surface area contributed by atoms with Gasteiger partial charge in [0, 0.05) is 38.8 Å². The molecule has 0 radical (unpaired) electrons. The maximum atomic E-state index is 12.9. The molecule has 2 saturated heterocycles. The first kappa shape index (κ1) is 21.2. The van der Waals surface area contributed by atoms with Gasteiger partial charge in [-0.25, -0.2) is 13.1 Å². The molecule has 0 bridgehead atoms. The zero-order valence-electron chi connectivity index (χ0n) is 16.5. The molecule has 2 aliphatic heterocycles. The van der Waals surface area contributed by atoms with Crippen LogP contribution in [0.25, 0.3) is 0 Å². The van der Waals surface area contributed by atoms with Crippen LogP contribution in [0.5, 0.6) is 0 Å². The van der Waals surface area contributed by atoms with Crippen molar-refractivity contribution in [3.05, 3.63) is 35.4 Å². The van der Waals surface area contributed by atoms with E-state index >= 15 is 0 Å². The van der Waals surface area contributed by atoms with Gasteiger partial charge >= 0.3 is 0 Å². The van der Waals surface area contributed by atoms with Crippen LogP contribution in [-0.4, -0.2) is 73.8 Å². The fraction of sp³-hybridized carbons (Fsp3) is 0.650. The lowest BCUT2D eigenvalue weighted by Crippen LogP contribution is -2.49. The molecular formula is C20H31N3O4S. The minimum Gasteiger partial charge on any atom is -0.392 e. The lowest BCUT2D eigenvalue weighted by Gasteiger charge is -2.38. The van der Waals surface area contributed by atoms with E-state index in [-0.39, 0.29) is 24.6 Å². The molecule has 2 aliphatic rings. The third kappa shape index (κ3) is 6.27. The van der Waals surface area contributed by atoms with Crippen LogP contribution < -0.4 is 4.72 Å². The first-order chi connectivity index (χ1) is 13.3. The number of hydrogen-bond donors (Lipinski definition) is 2. The van der Waals surface area contributed by atoms with E-state index in [1.807, 2.05) is 29.2 Å². The third-order valence-electron chi connectivity index (χ3n) is 5.58. The number of nitrogens with one attached hydrogen (secondary N) is 1. The SMILES string of the molecule is CS(=O)(=O)NCc1ccc(CC(=O)N2CCCCC2CN2CCC(O)C2)cc1. The second-order valence-electron chi connectivity index (χ2n) is 8.03. The summed E-state index contributed by atoms with van der Waals surface area (Å²) in [4.78, 5) is 17.2. The number of β-amino-alcohol motifs (C(OH)–C–C–N with tert-alkyl or cyclic N) is 1. The number of piperidine rings is 1. The number of sulfonamides is 1. The van der Waals surface area contributed by atoms with Gasteiger partial charge in [0.1, 0.15) is 0 Å². The van der Waals surface area contributed by atoms with Crippen molar-refractivity contribution in [2.24, 2.45) is 0 Å². The summed E-state index contributed by atoms with van der Waals surface area (Å²) in [6.45, 7) is 3.52. The molecule has 28 heavy (non-hydrogen) atoms. The number of carbonyl (C=O) groups excluding carboxylic acids is 1. The van der Waals surface area contributed by atoms with Gasteiger partial charge in [-0.05, 0) is 36.8 Å². The lowest BCUT2D eigenvalue weighted by molar-refractivity contribution is -0.134. The highest BCUT2D eigenvalue weighted by Gasteiger charge is 2.30. The van der Waals surface area contributed by atoms with Gasteiger partial charge in [-0.2, -0.15) is 0 Å². The largest absolute Gasteiger partial charge is 0.392 e. The molecule has 3 rings (SSSR count). The Morgan fingerprint density at radius 2 is 1.86 bits per heavy atom. The summed E-state index contributed by atoms with van der Waals surface area (Å²) in [5.41, 5.74) is 1.80. The van der Waals surface area contributed by atoms with Gasteiger partial charge in [-0.15, -0.1) is 0 Å². The third-order valence-corrected chi connectivity index (χ3v) is 6.25. The lowest BCUT2D eigenvalue weighted by atomic mass is 10.00. The number of hydrogen-bond acceptors (Lipinski definition) is 5. The average molecular weight is 410 g/mol. The quantitative estimate of drug-likeness (QED) is 0.693. The number of rotatable bonds is 7. The molecule has 1 amide bonds. The number of amides is 1. The van der Waals surface area contributed by atoms with Crippen LogP contribution in [0.2, 0.25) is 0 Å². The van der Waals surface area contributed by atoms with Gasteiger partial charge < -0.3 is 10.0 Å². The molecule has 0 saturated carbocycles. The molecule has 2 heterocycles. The van der Waals surface area contributed by atoms with Crippen LogP contribution in [0, 0.1) is 0 Å². The van der Waals surface area contributed by atoms with Gasteiger partial charge in [0.25, 0.3) is 0 Å². The van der Waals surface area contributed by atoms with Gasteiger partial charge in [0.2, 0.25) is 15.9 Å². The molecule has 8 heteroatoms. The van der Waals surface area contributed by atoms with Crippen molar-refractivity contribution in [1.29, 1.82) is 0 Å². The van der Waals surface area contributed by atoms with Crippen molar-refractivity contribution in [3.8, 4) is 0 Å². The molecule has 2 atom stereocenters. The molecule has 2 fully saturated rings. The van der Waals surface area contributed by atoms with Crippen molar-refractivity contribution >= 4 is 15.9 Å². The van der Waals surface area contributed by atoms with Crippen LogP contribution >= 0.6 is 0 Å². The summed E-state index contributed by atoms with van der Waals surface area (Å²) in [5, 5.41) is 9.74. The van der Waals surface area contributed by atoms with Crippen molar-refractivity contribution in [2.45, 2.75) is 50.8 Å². The highest BCUT2D eigenvalue weighted by atomic mass is 32.2. The van der Waals surface area contributed by atoms with E-state index in [0.717, 1.165) is 62.7 Å². The highest BCUT2D eigenvalue weighted by Crippen LogP contribution is 2.21. The molecule has 1 aromatic rings. The van der Waals surface area contributed by atoms with Crippen LogP contribution in [0.1, 0.15) is 36.8 Å². The van der Waals surface area contributed by atoms with Gasteiger partial charge in [0.15, 0.2) is 0 Å². The minimum atomic E-state index is -3.22. The topological polar surface area (TPSA) is 90.0 Å². The minimum absolute atomic E-state index is 0.145. The summed E-state index contributed by atoms with van der Waals surface area (Å²) in [7, 11) is -3.22. The normalized spacial score (nSPS) is 23.9. The fourth-order valence-electron chi connectivity index (χ4n) is 4.06. The molecule has 7 nitrogen and oxygen atoms in total. The average Bonchev–Trinajstić information content (AvgIpc) is 3.05. The second-order valence-corrected chi connectivity index (χ2v) is 9.86. The molecule has 2 N–H and O–H groups in total. The number of carbonyl (C=O) groups is 1. The molecule has 0 aliphatic carbocycles. The smallest absolute Gasteiger partial charge is 0.227 e. The van der Waals surface area contributed by atoms with E-state index in [4.69, 9.17) is 0 Å². The van der Waals surface area contributed by atoms with E-state index in [9.17, 15) is 18.3 Å². The number of aliphatic hydroxyl groups is 1. The highest BCUT2D eigenvalue weighted by molar-refractivity contribution is 7.88. The Balaban J connectivity index is 1.56. The maximum absolute atomic E-state index is 12.9. The zero-order valence-corrected chi connectivity index (χ0v) is 17.3. The van der Waals surface area contributed by atoms with Gasteiger partial charge in [-0.3, -0.25) is 9.69 Å². The number of likely N-dealkylation sites (tertiary alicyclic amines) is 2. The van der Waals surface area contributed by atoms with Crippen LogP contribution in [0.3, 0.4) is 0 Å². The molecule has 0 aromatic heterocycles. The second kappa shape index (κ2) is 9.35. The Bertz CT molecular complexity index is 766. The number of nitrogens with zero attached hydrogens (tertiary/aromatic N) is 2. The Hall–Kier alpha value is -1.48. The Labute approximate surface area is 167 Å². The first-order valence-electron chi connectivity index (χ1n) is 10.0. The molecular weight excluding hydrogens is 378 g/mol. The summed E-state index contributed by atoms with van der Waals surface area (Å²) >= 11 is 0. The molecule has 1 aromatic carbocycles. The van der Waals surface area contributed by atoms with Gasteiger partial charge in [-0.1, -0.05) is 24.3 Å². The standard InChI is InChI=1S/C20H31N3O4S/c1-28(26,27)21-13-17-7-5-16(6-8-17)12-20(25)23-10-3-2-4-18(23)14-22-11-9-19(24)15-22/h5-8,18-19,21,24H,2-4,9-15H2,1H3. The number of aliphatic hydroxyl groups excluding tert-OH is 1. The summed E-state index contributed by atoms with van der Waals surface area (Å²) < 4.78 is 24.8. The molecule has 156 valence electrons. The fourth-order valence-corrected chi connectivity index (χ4v) is 4.49. The van der Waals surface area contributed by atoms with E-state index < -0.39 is 10.0 Å². The van der Waals surface area contributed by atoms with Crippen LogP contribution in [0.15, 0.2) is 24.3 Å². The Morgan fingerprint density at radius 1 is 1.14 bits per heavy atom. The van der Waals surface area contributed by atoms with Crippen molar-refractivity contribution in [3.63, 3.8) is 0 Å². The van der Waals surface area contributed by atoms with E-state index in [2.05, 4.69) is 9.62 Å². The number of benzene rings is 1. The molecule has 0 spiro atoms. The molecule has 2 unspecified atom stereocenters. The van der Waals surface area contributed by atoms with Crippen molar-refractivity contribution < 1.29 is 18.3 Å². The maximum Gasteiger partial charge on any atom is 0.227 e.